The topological polar surface area (TPSA) is 55.1 Å². The van der Waals surface area contributed by atoms with Crippen molar-refractivity contribution < 1.29 is 9.18 Å². The average Bonchev–Trinajstić information content (AvgIpc) is 2.39. The summed E-state index contributed by atoms with van der Waals surface area (Å²) in [5.41, 5.74) is 7.57. The Morgan fingerprint density at radius 3 is 2.70 bits per heavy atom. The van der Waals surface area contributed by atoms with Gasteiger partial charge >= 0.3 is 0 Å². The van der Waals surface area contributed by atoms with Gasteiger partial charge in [-0.1, -0.05) is 17.7 Å². The van der Waals surface area contributed by atoms with Crippen molar-refractivity contribution in [2.24, 2.45) is 5.73 Å². The molecular weight excluding hydrogens is 279 g/mol. The van der Waals surface area contributed by atoms with E-state index in [1.807, 2.05) is 25.1 Å². The Morgan fingerprint density at radius 1 is 1.30 bits per heavy atom. The first-order valence-corrected chi connectivity index (χ1v) is 6.43. The van der Waals surface area contributed by atoms with Crippen LogP contribution in [0.3, 0.4) is 0 Å². The molecule has 0 fully saturated rings. The van der Waals surface area contributed by atoms with Gasteiger partial charge in [0.1, 0.15) is 5.82 Å². The summed E-state index contributed by atoms with van der Waals surface area (Å²) in [6.45, 7) is 2.15. The molecule has 0 heterocycles. The molecule has 104 valence electrons. The van der Waals surface area contributed by atoms with Crippen LogP contribution < -0.4 is 11.1 Å². The van der Waals surface area contributed by atoms with E-state index in [0.717, 1.165) is 5.56 Å². The smallest absolute Gasteiger partial charge is 0.248 e. The Labute approximate surface area is 121 Å². The number of nitrogens with one attached hydrogen (secondary N) is 1. The first-order chi connectivity index (χ1) is 9.47. The molecule has 2 aromatic rings. The van der Waals surface area contributed by atoms with Crippen molar-refractivity contribution in [3.63, 3.8) is 0 Å². The van der Waals surface area contributed by atoms with Gasteiger partial charge in [0.05, 0.1) is 10.7 Å². The molecule has 0 aliphatic heterocycles. The molecule has 0 unspecified atom stereocenters. The Morgan fingerprint density at radius 2 is 2.05 bits per heavy atom. The van der Waals surface area contributed by atoms with Gasteiger partial charge < -0.3 is 11.1 Å². The van der Waals surface area contributed by atoms with E-state index in [2.05, 4.69) is 5.32 Å². The van der Waals surface area contributed by atoms with Crippen molar-refractivity contribution in [1.29, 1.82) is 0 Å². The highest BCUT2D eigenvalue weighted by molar-refractivity contribution is 6.33. The fraction of sp³-hybridized carbons (Fsp3) is 0.133. The van der Waals surface area contributed by atoms with Crippen LogP contribution in [-0.4, -0.2) is 5.91 Å². The molecule has 0 bridgehead atoms. The van der Waals surface area contributed by atoms with Gasteiger partial charge in [0.15, 0.2) is 0 Å². The van der Waals surface area contributed by atoms with Crippen LogP contribution in [-0.2, 0) is 6.54 Å². The molecule has 0 saturated heterocycles. The van der Waals surface area contributed by atoms with Crippen molar-refractivity contribution >= 4 is 23.2 Å². The molecule has 0 aliphatic rings. The summed E-state index contributed by atoms with van der Waals surface area (Å²) in [5, 5.41) is 3.61. The number of carbonyl (C=O) groups excluding carboxylic acids is 1. The largest absolute Gasteiger partial charge is 0.380 e. The van der Waals surface area contributed by atoms with Crippen molar-refractivity contribution in [1.82, 2.24) is 0 Å². The summed E-state index contributed by atoms with van der Waals surface area (Å²) >= 11 is 6.09. The van der Waals surface area contributed by atoms with Gasteiger partial charge in [0.25, 0.3) is 0 Å². The molecule has 5 heteroatoms. The van der Waals surface area contributed by atoms with Crippen LogP contribution in [0.15, 0.2) is 36.4 Å². The fourth-order valence-corrected chi connectivity index (χ4v) is 2.12. The second kappa shape index (κ2) is 5.92. The molecule has 0 saturated carbocycles. The zero-order chi connectivity index (χ0) is 14.7. The predicted molar refractivity (Wildman–Crippen MR) is 78.4 cm³/mol. The Bertz CT molecular complexity index is 658. The minimum Gasteiger partial charge on any atom is -0.380 e. The number of hydrogen-bond acceptors (Lipinski definition) is 2. The van der Waals surface area contributed by atoms with Gasteiger partial charge in [-0.15, -0.1) is 0 Å². The lowest BCUT2D eigenvalue weighted by molar-refractivity contribution is 0.1000. The van der Waals surface area contributed by atoms with E-state index in [-0.39, 0.29) is 12.1 Å². The Balaban J connectivity index is 2.18. The maximum Gasteiger partial charge on any atom is 0.248 e. The van der Waals surface area contributed by atoms with Crippen LogP contribution >= 0.6 is 11.6 Å². The van der Waals surface area contributed by atoms with Gasteiger partial charge in [-0.2, -0.15) is 0 Å². The van der Waals surface area contributed by atoms with Crippen LogP contribution in [0.5, 0.6) is 0 Å². The van der Waals surface area contributed by atoms with E-state index in [1.165, 1.54) is 18.2 Å². The molecule has 3 N–H and O–H groups in total. The molecular formula is C15H14ClFN2O. The van der Waals surface area contributed by atoms with E-state index in [9.17, 15) is 9.18 Å². The highest BCUT2D eigenvalue weighted by Gasteiger charge is 2.08. The number of anilines is 1. The lowest BCUT2D eigenvalue weighted by atomic mass is 10.1. The standard InChI is InChI=1S/C15H14ClFN2O/c1-9-2-5-14(12(16)6-9)19-8-11-7-10(15(18)20)3-4-13(11)17/h2-7,19H,8H2,1H3,(H2,18,20). The lowest BCUT2D eigenvalue weighted by Gasteiger charge is -2.10. The minimum absolute atomic E-state index is 0.218. The van der Waals surface area contributed by atoms with Gasteiger partial charge in [-0.05, 0) is 42.8 Å². The molecule has 0 spiro atoms. The molecule has 2 aromatic carbocycles. The van der Waals surface area contributed by atoms with E-state index in [0.29, 0.717) is 16.3 Å². The lowest BCUT2D eigenvalue weighted by Crippen LogP contribution is -2.12. The zero-order valence-electron chi connectivity index (χ0n) is 10.9. The summed E-state index contributed by atoms with van der Waals surface area (Å²) in [4.78, 5) is 11.1. The van der Waals surface area contributed by atoms with Crippen LogP contribution in [0.2, 0.25) is 5.02 Å². The molecule has 0 aromatic heterocycles. The first kappa shape index (κ1) is 14.3. The number of aryl methyl sites for hydroxylation is 1. The third-order valence-corrected chi connectivity index (χ3v) is 3.24. The highest BCUT2D eigenvalue weighted by atomic mass is 35.5. The van der Waals surface area contributed by atoms with Gasteiger partial charge in [0, 0.05) is 17.7 Å². The molecule has 0 aliphatic carbocycles. The van der Waals surface area contributed by atoms with Crippen LogP contribution in [0.1, 0.15) is 21.5 Å². The van der Waals surface area contributed by atoms with Crippen molar-refractivity contribution in [2.45, 2.75) is 13.5 Å². The van der Waals surface area contributed by atoms with E-state index in [1.54, 1.807) is 0 Å². The second-order valence-corrected chi connectivity index (χ2v) is 4.91. The van der Waals surface area contributed by atoms with Crippen LogP contribution in [0, 0.1) is 12.7 Å². The number of rotatable bonds is 4. The maximum absolute atomic E-state index is 13.7. The summed E-state index contributed by atoms with van der Waals surface area (Å²) in [7, 11) is 0. The number of amides is 1. The summed E-state index contributed by atoms with van der Waals surface area (Å²) in [6, 6.07) is 9.58. The number of carbonyl (C=O) groups is 1. The summed E-state index contributed by atoms with van der Waals surface area (Å²) < 4.78 is 13.7. The molecule has 0 atom stereocenters. The Hall–Kier alpha value is -2.07. The van der Waals surface area contributed by atoms with Crippen molar-refractivity contribution in [2.75, 3.05) is 5.32 Å². The molecule has 0 radical (unpaired) electrons. The number of benzene rings is 2. The molecule has 1 amide bonds. The number of nitrogens with two attached hydrogens (primary N) is 1. The third kappa shape index (κ3) is 3.27. The number of hydrogen-bond donors (Lipinski definition) is 2. The van der Waals surface area contributed by atoms with Crippen LogP contribution in [0.25, 0.3) is 0 Å². The molecule has 3 nitrogen and oxygen atoms in total. The van der Waals surface area contributed by atoms with Crippen LogP contribution in [0.4, 0.5) is 10.1 Å². The van der Waals surface area contributed by atoms with Gasteiger partial charge in [-0.25, -0.2) is 4.39 Å². The molecule has 20 heavy (non-hydrogen) atoms. The summed E-state index contributed by atoms with van der Waals surface area (Å²) in [6.07, 6.45) is 0. The quantitative estimate of drug-likeness (QED) is 0.906. The number of halogens is 2. The van der Waals surface area contributed by atoms with Gasteiger partial charge in [-0.3, -0.25) is 4.79 Å². The van der Waals surface area contributed by atoms with Gasteiger partial charge in [0.2, 0.25) is 5.91 Å². The van der Waals surface area contributed by atoms with E-state index in [4.69, 9.17) is 17.3 Å². The SMILES string of the molecule is Cc1ccc(NCc2cc(C(N)=O)ccc2F)c(Cl)c1. The molecule has 2 rings (SSSR count). The minimum atomic E-state index is -0.584. The summed E-state index contributed by atoms with van der Waals surface area (Å²) in [5.74, 6) is -0.981. The zero-order valence-corrected chi connectivity index (χ0v) is 11.7. The Kier molecular flexibility index (Phi) is 4.25. The normalized spacial score (nSPS) is 10.3. The predicted octanol–water partition coefficient (Wildman–Crippen LogP) is 3.50. The number of primary amides is 1. The fourth-order valence-electron chi connectivity index (χ4n) is 1.82. The van der Waals surface area contributed by atoms with E-state index < -0.39 is 11.7 Å². The second-order valence-electron chi connectivity index (χ2n) is 4.51. The van der Waals surface area contributed by atoms with Crippen molar-refractivity contribution in [3.05, 3.63) is 63.9 Å². The van der Waals surface area contributed by atoms with Crippen molar-refractivity contribution in [3.8, 4) is 0 Å². The maximum atomic E-state index is 13.7. The third-order valence-electron chi connectivity index (χ3n) is 2.92. The monoisotopic (exact) mass is 292 g/mol. The van der Waals surface area contributed by atoms with E-state index >= 15 is 0 Å². The first-order valence-electron chi connectivity index (χ1n) is 6.05. The average molecular weight is 293 g/mol. The highest BCUT2D eigenvalue weighted by Crippen LogP contribution is 2.23.